The van der Waals surface area contributed by atoms with Crippen molar-refractivity contribution in [1.29, 1.82) is 0 Å². The van der Waals surface area contributed by atoms with Crippen LogP contribution in [0.25, 0.3) is 44.2 Å². The molecule has 0 radical (unpaired) electrons. The van der Waals surface area contributed by atoms with Gasteiger partial charge in [-0.15, -0.1) is 0 Å². The third kappa shape index (κ3) is 10.5. The van der Waals surface area contributed by atoms with Gasteiger partial charge in [-0.05, 0) is 37.3 Å². The van der Waals surface area contributed by atoms with Gasteiger partial charge in [0.2, 0.25) is 0 Å². The number of alkyl carbamates (subject to hydrolysis) is 2. The molecule has 70 heavy (non-hydrogen) atoms. The van der Waals surface area contributed by atoms with Crippen LogP contribution in [0.1, 0.15) is 113 Å². The van der Waals surface area contributed by atoms with Gasteiger partial charge in [-0.2, -0.15) is 0 Å². The number of benzene rings is 4. The molecule has 4 aromatic carbocycles. The van der Waals surface area contributed by atoms with Crippen molar-refractivity contribution >= 4 is 45.8 Å². The summed E-state index contributed by atoms with van der Waals surface area (Å²) in [5.41, 5.74) is 8.22. The van der Waals surface area contributed by atoms with E-state index in [-0.39, 0.29) is 49.0 Å². The van der Waals surface area contributed by atoms with Crippen LogP contribution in [0.5, 0.6) is 5.75 Å². The monoisotopic (exact) mass is 1070 g/mol. The molecule has 0 saturated heterocycles. The fourth-order valence-electron chi connectivity index (χ4n) is 9.46. The number of alkyl halides is 2. The van der Waals surface area contributed by atoms with E-state index in [0.717, 1.165) is 84.9 Å². The maximum absolute atomic E-state index is 14.7. The van der Waals surface area contributed by atoms with Crippen LogP contribution in [-0.2, 0) is 30.4 Å². The van der Waals surface area contributed by atoms with Gasteiger partial charge < -0.3 is 24.7 Å². The molecule has 6 atom stereocenters. The van der Waals surface area contributed by atoms with Crippen LogP contribution < -0.4 is 36.6 Å². The Labute approximate surface area is 419 Å². The summed E-state index contributed by atoms with van der Waals surface area (Å²) in [6, 6.07) is 21.3. The van der Waals surface area contributed by atoms with Crippen molar-refractivity contribution in [2.45, 2.75) is 102 Å². The number of hydrogen-bond donors (Lipinski definition) is 4. The number of carbonyl (C=O) groups is 4. The van der Waals surface area contributed by atoms with E-state index in [1.165, 1.54) is 14.2 Å². The summed E-state index contributed by atoms with van der Waals surface area (Å²) in [6.07, 6.45) is 1.53. The number of amides is 4. The van der Waals surface area contributed by atoms with Crippen molar-refractivity contribution < 1.29 is 59.3 Å². The quantitative estimate of drug-likeness (QED) is 0.0407. The molecule has 4 N–H and O–H groups in total. The molecule has 0 spiro atoms. The van der Waals surface area contributed by atoms with Gasteiger partial charge in [-0.3, -0.25) is 4.79 Å². The second-order valence-electron chi connectivity index (χ2n) is 18.2. The Morgan fingerprint density at radius 3 is 2.24 bits per heavy atom. The van der Waals surface area contributed by atoms with Crippen molar-refractivity contribution in [3.8, 4) is 28.1 Å². The number of methoxy groups -OCH3 is 3. The summed E-state index contributed by atoms with van der Waals surface area (Å²) in [5.74, 6) is 1.93. The van der Waals surface area contributed by atoms with Gasteiger partial charge in [0.1, 0.15) is 11.9 Å². The predicted molar refractivity (Wildman–Crippen MR) is 264 cm³/mol. The average molecular weight is 1070 g/mol. The number of halogens is 1. The Bertz CT molecular complexity index is 2860. The number of aromatic amines is 2. The SMILES string of the molecule is CC[I-][C@@H](CC)N(C(=O)[C@H](C)NC(=O)OC)[C@@H](C)c1nc2c(ccc3cc4c(cc32)OCc2cc(-c3nc([C@H](C)N(C[C@H](C)COC)C(=O)[C@H](NC(=O)OC)c5ccccc5)[nH]c3C3CC3)ccc2-4)[nH]1. The Morgan fingerprint density at radius 1 is 0.829 bits per heavy atom. The summed E-state index contributed by atoms with van der Waals surface area (Å²) in [5, 5.41) is 7.37. The number of nitrogens with zero attached hydrogens (tertiary/aromatic N) is 4. The molecule has 1 fully saturated rings. The number of rotatable bonds is 19. The minimum absolute atomic E-state index is 0.0124. The first-order valence-corrected chi connectivity index (χ1v) is 26.8. The van der Waals surface area contributed by atoms with Gasteiger partial charge in [0.15, 0.2) is 0 Å². The first-order chi connectivity index (χ1) is 33.8. The summed E-state index contributed by atoms with van der Waals surface area (Å²) >= 11 is -0.342. The zero-order chi connectivity index (χ0) is 49.8. The molecule has 2 aliphatic rings. The number of H-pyrrole nitrogens is 2. The molecular formula is C53H64IN8O8-. The molecule has 1 saturated carbocycles. The molecule has 3 heterocycles. The molecule has 8 rings (SSSR count). The molecular weight excluding hydrogens is 1000 g/mol. The van der Waals surface area contributed by atoms with Crippen molar-refractivity contribution in [3.63, 3.8) is 0 Å². The number of ether oxygens (including phenoxy) is 4. The van der Waals surface area contributed by atoms with Crippen molar-refractivity contribution in [2.24, 2.45) is 5.92 Å². The first kappa shape index (κ1) is 50.2. The van der Waals surface area contributed by atoms with E-state index in [1.54, 1.807) is 18.9 Å². The molecule has 0 bridgehead atoms. The molecule has 1 aliphatic heterocycles. The standard InChI is InChI=1S/C53H64IN8O8/c1-10-43(54-11-2)62(50(63)30(4)55-52(65)68-8)32(6)49-56-41-22-20-35-24-40-38-21-19-36(23-37(38)28-70-42(40)25-39(35)47(41)59-49)45-44(34-17-18-34)57-48(58-45)31(5)61(26-29(3)27-67-7)51(64)46(60-53(66)69-9)33-15-13-12-14-16-33/h12-16,19-25,29-32,34,43,46H,10-11,17-18,26-28H2,1-9H3,(H,55,65)(H,56,59)(H,57,58)(H,60,66)/q-1/t29-,30-,31-,32-,43+,46+/m0/s1. The van der Waals surface area contributed by atoms with Crippen LogP contribution >= 0.6 is 0 Å². The maximum atomic E-state index is 14.7. The third-order valence-corrected chi connectivity index (χ3v) is 16.6. The van der Waals surface area contributed by atoms with Gasteiger partial charge in [-0.1, -0.05) is 43.3 Å². The zero-order valence-electron chi connectivity index (χ0n) is 41.4. The van der Waals surface area contributed by atoms with Crippen molar-refractivity contribution in [2.75, 3.05) is 38.9 Å². The van der Waals surface area contributed by atoms with Crippen LogP contribution in [-0.4, -0.2) is 103 Å². The van der Waals surface area contributed by atoms with Crippen LogP contribution in [0, 0.1) is 5.92 Å². The zero-order valence-corrected chi connectivity index (χ0v) is 43.5. The number of aromatic nitrogens is 4. The van der Waals surface area contributed by atoms with E-state index < -0.39 is 30.3 Å². The summed E-state index contributed by atoms with van der Waals surface area (Å²) in [4.78, 5) is 74.7. The van der Waals surface area contributed by atoms with E-state index in [4.69, 9.17) is 28.9 Å². The molecule has 17 heteroatoms. The summed E-state index contributed by atoms with van der Waals surface area (Å²) in [6.45, 7) is 13.1. The topological polar surface area (TPSA) is 193 Å². The van der Waals surface area contributed by atoms with E-state index in [9.17, 15) is 19.2 Å². The average Bonchev–Trinajstić information content (AvgIpc) is 3.96. The second-order valence-corrected chi connectivity index (χ2v) is 22.1. The van der Waals surface area contributed by atoms with Gasteiger partial charge >= 0.3 is 227 Å². The Morgan fingerprint density at radius 2 is 1.56 bits per heavy atom. The van der Waals surface area contributed by atoms with E-state index >= 15 is 0 Å². The van der Waals surface area contributed by atoms with Crippen LogP contribution in [0.3, 0.4) is 0 Å². The fourth-order valence-corrected chi connectivity index (χ4v) is 12.3. The van der Waals surface area contributed by atoms with Crippen molar-refractivity contribution in [1.82, 2.24) is 40.4 Å². The Hall–Kier alpha value is -6.21. The molecule has 6 aromatic rings. The van der Waals surface area contributed by atoms with Gasteiger partial charge in [0.05, 0.1) is 25.5 Å². The molecule has 4 amide bonds. The van der Waals surface area contributed by atoms with Crippen LogP contribution in [0.4, 0.5) is 9.59 Å². The molecule has 16 nitrogen and oxygen atoms in total. The number of fused-ring (bicyclic) bond motifs is 6. The Balaban J connectivity index is 1.10. The van der Waals surface area contributed by atoms with Gasteiger partial charge in [0.25, 0.3) is 5.91 Å². The fraction of sp³-hybridized carbons (Fsp3) is 0.434. The van der Waals surface area contributed by atoms with Crippen LogP contribution in [0.2, 0.25) is 0 Å². The van der Waals surface area contributed by atoms with Crippen LogP contribution in [0.15, 0.2) is 72.8 Å². The van der Waals surface area contributed by atoms with Crippen molar-refractivity contribution in [3.05, 3.63) is 101 Å². The normalized spacial score (nSPS) is 15.7. The Kier molecular flexibility index (Phi) is 15.7. The second kappa shape index (κ2) is 21.8. The van der Waals surface area contributed by atoms with Gasteiger partial charge in [-0.25, -0.2) is 9.78 Å². The van der Waals surface area contributed by atoms with Gasteiger partial charge in [0, 0.05) is 30.8 Å². The van der Waals surface area contributed by atoms with E-state index in [1.807, 2.05) is 62.1 Å². The number of nitrogens with one attached hydrogen (secondary N) is 4. The minimum atomic E-state index is -0.985. The molecule has 0 unspecified atom stereocenters. The molecule has 372 valence electrons. The molecule has 1 aliphatic carbocycles. The number of hydrogen-bond acceptors (Lipinski definition) is 10. The molecule has 2 aromatic heterocycles. The van der Waals surface area contributed by atoms with E-state index in [0.29, 0.717) is 42.9 Å². The third-order valence-electron chi connectivity index (χ3n) is 13.2. The number of carbonyl (C=O) groups excluding carboxylic acids is 4. The van der Waals surface area contributed by atoms with E-state index in [2.05, 4.69) is 70.8 Å². The summed E-state index contributed by atoms with van der Waals surface area (Å²) in [7, 11) is 4.21. The first-order valence-electron chi connectivity index (χ1n) is 24.0. The number of imidazole rings is 2. The predicted octanol–water partition coefficient (Wildman–Crippen LogP) is 6.29. The summed E-state index contributed by atoms with van der Waals surface area (Å²) < 4.78 is 22.8.